The highest BCUT2D eigenvalue weighted by atomic mass is 16.5. The first-order valence-electron chi connectivity index (χ1n) is 8.18. The van der Waals surface area contributed by atoms with Crippen LogP contribution >= 0.6 is 0 Å². The van der Waals surface area contributed by atoms with Crippen LogP contribution in [-0.4, -0.2) is 25.8 Å². The van der Waals surface area contributed by atoms with Gasteiger partial charge in [-0.05, 0) is 43.5 Å². The molecule has 2 atom stereocenters. The van der Waals surface area contributed by atoms with E-state index >= 15 is 0 Å². The van der Waals surface area contributed by atoms with Crippen LogP contribution in [0.3, 0.4) is 0 Å². The second-order valence-corrected chi connectivity index (χ2v) is 5.94. The summed E-state index contributed by atoms with van der Waals surface area (Å²) in [5, 5.41) is 3.62. The smallest absolute Gasteiger partial charge is 0.119 e. The third-order valence-electron chi connectivity index (χ3n) is 5.14. The van der Waals surface area contributed by atoms with Crippen molar-refractivity contribution < 1.29 is 9.47 Å². The van der Waals surface area contributed by atoms with Crippen LogP contribution in [0.2, 0.25) is 0 Å². The molecule has 3 nitrogen and oxygen atoms in total. The second kappa shape index (κ2) is 7.28. The summed E-state index contributed by atoms with van der Waals surface area (Å²) >= 11 is 0. The molecule has 1 N–H and O–H groups in total. The van der Waals surface area contributed by atoms with Crippen LogP contribution in [0.1, 0.15) is 45.6 Å². The topological polar surface area (TPSA) is 30.5 Å². The summed E-state index contributed by atoms with van der Waals surface area (Å²) in [6, 6.07) is 8.75. The largest absolute Gasteiger partial charge is 0.497 e. The van der Waals surface area contributed by atoms with Gasteiger partial charge in [0, 0.05) is 11.5 Å². The quantitative estimate of drug-likeness (QED) is 0.791. The zero-order chi connectivity index (χ0) is 15.3. The minimum absolute atomic E-state index is 0.300. The lowest BCUT2D eigenvalue weighted by atomic mass is 9.58. The monoisotopic (exact) mass is 291 g/mol. The predicted molar refractivity (Wildman–Crippen MR) is 86.7 cm³/mol. The lowest BCUT2D eigenvalue weighted by molar-refractivity contribution is -0.146. The molecule has 0 saturated heterocycles. The van der Waals surface area contributed by atoms with Crippen molar-refractivity contribution in [1.29, 1.82) is 0 Å². The van der Waals surface area contributed by atoms with E-state index in [-0.39, 0.29) is 0 Å². The Hall–Kier alpha value is -1.06. The van der Waals surface area contributed by atoms with E-state index in [0.29, 0.717) is 24.2 Å². The molecule has 1 aromatic rings. The van der Waals surface area contributed by atoms with Gasteiger partial charge in [-0.1, -0.05) is 32.9 Å². The number of rotatable bonds is 8. The maximum absolute atomic E-state index is 6.24. The summed E-state index contributed by atoms with van der Waals surface area (Å²) in [5.41, 5.74) is 1.48. The summed E-state index contributed by atoms with van der Waals surface area (Å²) in [4.78, 5) is 0. The fraction of sp³-hybridized carbons (Fsp3) is 0.667. The highest BCUT2D eigenvalue weighted by molar-refractivity contribution is 5.28. The minimum atomic E-state index is 0.300. The molecule has 0 spiro atoms. The van der Waals surface area contributed by atoms with E-state index in [1.807, 2.05) is 12.1 Å². The number of hydrogen-bond donors (Lipinski definition) is 1. The number of hydrogen-bond acceptors (Lipinski definition) is 3. The van der Waals surface area contributed by atoms with Gasteiger partial charge in [-0.15, -0.1) is 0 Å². The summed E-state index contributed by atoms with van der Waals surface area (Å²) in [6.07, 6.45) is 3.83. The number of ether oxygens (including phenoxy) is 2. The first-order chi connectivity index (χ1) is 10.2. The first kappa shape index (κ1) is 16.3. The van der Waals surface area contributed by atoms with Crippen molar-refractivity contribution in [2.45, 2.75) is 58.8 Å². The molecule has 0 aliphatic heterocycles. The molecule has 2 unspecified atom stereocenters. The van der Waals surface area contributed by atoms with Crippen molar-refractivity contribution in [1.82, 2.24) is 5.32 Å². The zero-order valence-corrected chi connectivity index (χ0v) is 13.8. The summed E-state index contributed by atoms with van der Waals surface area (Å²) in [6.45, 7) is 8.46. The van der Waals surface area contributed by atoms with E-state index in [1.54, 1.807) is 7.11 Å². The summed E-state index contributed by atoms with van der Waals surface area (Å²) in [5.74, 6) is 0.896. The third kappa shape index (κ3) is 3.24. The number of nitrogens with one attached hydrogen (secondary N) is 1. The van der Waals surface area contributed by atoms with Gasteiger partial charge in [0.1, 0.15) is 5.75 Å². The van der Waals surface area contributed by atoms with Gasteiger partial charge in [0.05, 0.1) is 19.8 Å². The van der Waals surface area contributed by atoms with Gasteiger partial charge >= 0.3 is 0 Å². The first-order valence-corrected chi connectivity index (χ1v) is 8.18. The van der Waals surface area contributed by atoms with E-state index < -0.39 is 0 Å². The van der Waals surface area contributed by atoms with E-state index in [0.717, 1.165) is 18.7 Å². The van der Waals surface area contributed by atoms with Crippen molar-refractivity contribution in [2.75, 3.05) is 13.7 Å². The molecule has 0 aromatic heterocycles. The maximum Gasteiger partial charge on any atom is 0.119 e. The summed E-state index contributed by atoms with van der Waals surface area (Å²) < 4.78 is 11.5. The van der Waals surface area contributed by atoms with Crippen molar-refractivity contribution in [2.24, 2.45) is 5.41 Å². The molecule has 0 bridgehead atoms. The highest BCUT2D eigenvalue weighted by Crippen LogP contribution is 2.49. The van der Waals surface area contributed by atoms with Crippen molar-refractivity contribution in [3.63, 3.8) is 0 Å². The van der Waals surface area contributed by atoms with Gasteiger partial charge in [0.15, 0.2) is 0 Å². The fourth-order valence-electron chi connectivity index (χ4n) is 3.67. The van der Waals surface area contributed by atoms with Crippen LogP contribution in [0.4, 0.5) is 0 Å². The molecular weight excluding hydrogens is 262 g/mol. The van der Waals surface area contributed by atoms with Gasteiger partial charge in [-0.2, -0.15) is 0 Å². The zero-order valence-electron chi connectivity index (χ0n) is 13.8. The third-order valence-corrected chi connectivity index (χ3v) is 5.14. The van der Waals surface area contributed by atoms with Gasteiger partial charge < -0.3 is 14.8 Å². The number of benzene rings is 1. The van der Waals surface area contributed by atoms with E-state index in [2.05, 4.69) is 38.2 Å². The number of methoxy groups -OCH3 is 1. The molecule has 1 aromatic carbocycles. The Balaban J connectivity index is 1.96. The fourth-order valence-corrected chi connectivity index (χ4v) is 3.67. The van der Waals surface area contributed by atoms with Crippen LogP contribution < -0.4 is 10.1 Å². The summed E-state index contributed by atoms with van der Waals surface area (Å²) in [7, 11) is 1.70. The Kier molecular flexibility index (Phi) is 5.65. The molecule has 21 heavy (non-hydrogen) atoms. The molecular formula is C18H29NO2. The van der Waals surface area contributed by atoms with Crippen LogP contribution in [0.15, 0.2) is 24.3 Å². The molecule has 1 aliphatic carbocycles. The minimum Gasteiger partial charge on any atom is -0.497 e. The highest BCUT2D eigenvalue weighted by Gasteiger charge is 2.52. The Labute approximate surface area is 129 Å². The van der Waals surface area contributed by atoms with Crippen molar-refractivity contribution in [3.8, 4) is 5.75 Å². The van der Waals surface area contributed by atoms with E-state index in [4.69, 9.17) is 9.47 Å². The van der Waals surface area contributed by atoms with E-state index in [9.17, 15) is 0 Å². The normalized spacial score (nSPS) is 23.6. The average Bonchev–Trinajstić information content (AvgIpc) is 2.51. The lowest BCUT2D eigenvalue weighted by Gasteiger charge is -2.55. The molecule has 0 radical (unpaired) electrons. The van der Waals surface area contributed by atoms with Gasteiger partial charge in [0.2, 0.25) is 0 Å². The Morgan fingerprint density at radius 3 is 2.62 bits per heavy atom. The molecule has 0 heterocycles. The molecule has 118 valence electrons. The molecule has 0 amide bonds. The second-order valence-electron chi connectivity index (χ2n) is 5.94. The van der Waals surface area contributed by atoms with Crippen molar-refractivity contribution >= 4 is 0 Å². The Bertz CT molecular complexity index is 443. The van der Waals surface area contributed by atoms with Gasteiger partial charge in [0.25, 0.3) is 0 Å². The Morgan fingerprint density at radius 2 is 2.00 bits per heavy atom. The van der Waals surface area contributed by atoms with Gasteiger partial charge in [-0.3, -0.25) is 0 Å². The van der Waals surface area contributed by atoms with Crippen LogP contribution in [-0.2, 0) is 11.3 Å². The van der Waals surface area contributed by atoms with Crippen LogP contribution in [0.5, 0.6) is 5.75 Å². The molecule has 3 heteroatoms. The SMILES string of the molecule is CCNC1CC(OCc2cccc(OC)c2)C1(CC)CC. The lowest BCUT2D eigenvalue weighted by Crippen LogP contribution is -2.63. The molecule has 1 fully saturated rings. The van der Waals surface area contributed by atoms with Crippen molar-refractivity contribution in [3.05, 3.63) is 29.8 Å². The average molecular weight is 291 g/mol. The van der Waals surface area contributed by atoms with Gasteiger partial charge in [-0.25, -0.2) is 0 Å². The predicted octanol–water partition coefficient (Wildman–Crippen LogP) is 3.77. The van der Waals surface area contributed by atoms with Crippen LogP contribution in [0, 0.1) is 5.41 Å². The van der Waals surface area contributed by atoms with Crippen LogP contribution in [0.25, 0.3) is 0 Å². The maximum atomic E-state index is 6.24. The standard InChI is InChI=1S/C18H29NO2/c1-5-18(6-2)16(19-7-3)12-17(18)21-13-14-9-8-10-15(11-14)20-4/h8-11,16-17,19H,5-7,12-13H2,1-4H3. The molecule has 1 saturated carbocycles. The van der Waals surface area contributed by atoms with E-state index in [1.165, 1.54) is 18.4 Å². The molecule has 1 aliphatic rings. The molecule has 2 rings (SSSR count). The Morgan fingerprint density at radius 1 is 1.24 bits per heavy atom.